The SMILES string of the molecule is COc1cc(N2CCC(N3CCN(C)CC3)CC2)c(C(F)(F)F)cc1N.COc1cc(N2CCC(N3CCN(C)CC3)CC2)c(C(F)(F)F)cc1Nc1ncc(Cl)c(Nc2ccc3nccnc3c2CS(C)(=O)=O)n1.CS(=O)(=O)Cc1c(Nc2nc(Cl)ncc2Cl)ccc2nccnc12. The fraction of sp³-hybridized carbons (Fsp3) is 0.438. The van der Waals surface area contributed by atoms with Crippen molar-refractivity contribution in [2.75, 3.05) is 151 Å². The summed E-state index contributed by atoms with van der Waals surface area (Å²) in [7, 11) is 0.235. The lowest BCUT2D eigenvalue weighted by molar-refractivity contribution is -0.138. The Hall–Kier alpha value is -7.69. The summed E-state index contributed by atoms with van der Waals surface area (Å²) in [5.74, 6) is 0.221. The topological polar surface area (TPSA) is 271 Å². The number of halogens is 9. The highest BCUT2D eigenvalue weighted by molar-refractivity contribution is 7.90. The van der Waals surface area contributed by atoms with Crippen LogP contribution in [0.2, 0.25) is 15.3 Å². The van der Waals surface area contributed by atoms with Gasteiger partial charge in [0.1, 0.15) is 21.5 Å². The minimum atomic E-state index is -4.64. The van der Waals surface area contributed by atoms with Crippen molar-refractivity contribution in [3.8, 4) is 11.5 Å². The first-order valence-electron chi connectivity index (χ1n) is 31.4. The van der Waals surface area contributed by atoms with Gasteiger partial charge in [-0.05, 0) is 87.8 Å². The number of benzene rings is 4. The molecule has 99 heavy (non-hydrogen) atoms. The molecule has 4 aliphatic heterocycles. The van der Waals surface area contributed by atoms with Crippen LogP contribution in [-0.2, 0) is 43.5 Å². The number of hydrogen-bond acceptors (Lipinski definition) is 24. The molecule has 0 saturated carbocycles. The van der Waals surface area contributed by atoms with Crippen molar-refractivity contribution in [1.82, 2.24) is 59.5 Å². The Balaban J connectivity index is 0.000000178. The Morgan fingerprint density at radius 1 is 0.525 bits per heavy atom. The molecule has 0 spiro atoms. The van der Waals surface area contributed by atoms with Gasteiger partial charge in [-0.15, -0.1) is 0 Å². The van der Waals surface area contributed by atoms with Gasteiger partial charge in [-0.1, -0.05) is 23.2 Å². The number of anilines is 9. The molecule has 35 heteroatoms. The first kappa shape index (κ1) is 74.0. The van der Waals surface area contributed by atoms with Crippen LogP contribution in [0.3, 0.4) is 0 Å². The Kier molecular flexibility index (Phi) is 23.5. The average Bonchev–Trinajstić information content (AvgIpc) is 0.816. The van der Waals surface area contributed by atoms with Crippen molar-refractivity contribution in [1.29, 1.82) is 0 Å². The molecule has 0 amide bonds. The normalized spacial score (nSPS) is 16.8. The van der Waals surface area contributed by atoms with Gasteiger partial charge in [0, 0.05) is 163 Å². The summed E-state index contributed by atoms with van der Waals surface area (Å²) in [5.41, 5.74) is 8.13. The van der Waals surface area contributed by atoms with E-state index in [1.807, 2.05) is 4.90 Å². The Morgan fingerprint density at radius 3 is 1.37 bits per heavy atom. The van der Waals surface area contributed by atoms with Crippen LogP contribution >= 0.6 is 34.8 Å². The third kappa shape index (κ3) is 19.0. The standard InChI is InChI=1S/C32H37ClF3N9O3S.C18H27F3N4O.C14H11Cl2N5O2S/c1-43-12-14-44(15-13-43)20-6-10-45(11-7-20)27-17-28(48-2)26(16-22(27)32(34,35)36)41-31-39-18-23(33)30(42-31)40-24-4-5-25-29(38-9-8-37-25)21(24)19-49(3,46)47;1-23-7-9-24(10-8-23)13-3-5-25(6-4-13)16-12-17(26-2)15(22)11-14(16)18(19,20)21;1-24(22,23)7-8-10(2-3-11-12(8)18-5-4-17-11)20-13-9(15)6-19-14(16)21-13/h4-5,8-9,16-18,20H,6-7,10-15,19H2,1-3H3,(H2,39,40,41,42);11-13H,3-10,22H2,1-2H3;2-6H,7H2,1H3,(H,19,20,21). The zero-order valence-corrected chi connectivity index (χ0v) is 58.9. The maximum absolute atomic E-state index is 14.6. The molecule has 0 unspecified atom stereocenters. The number of piperidine rings is 2. The number of nitrogens with one attached hydrogen (secondary N) is 3. The number of likely N-dealkylation sites (N-methyl/N-ethyl adjacent to an activating group) is 2. The fourth-order valence-electron chi connectivity index (χ4n) is 12.5. The number of nitrogen functional groups attached to an aromatic ring is 1. The van der Waals surface area contributed by atoms with Crippen LogP contribution in [0.25, 0.3) is 22.1 Å². The molecule has 8 heterocycles. The van der Waals surface area contributed by atoms with E-state index in [-0.39, 0.29) is 78.7 Å². The van der Waals surface area contributed by atoms with E-state index >= 15 is 0 Å². The molecular weight excluding hydrogens is 1400 g/mol. The second-order valence-corrected chi connectivity index (χ2v) is 30.0. The second kappa shape index (κ2) is 31.5. The third-order valence-electron chi connectivity index (χ3n) is 17.5. The molecule has 0 aliphatic carbocycles. The number of rotatable bonds is 16. The molecule has 8 aromatic rings. The maximum Gasteiger partial charge on any atom is 0.418 e. The van der Waals surface area contributed by atoms with Crippen LogP contribution in [0.5, 0.6) is 11.5 Å². The molecule has 4 aromatic heterocycles. The van der Waals surface area contributed by atoms with Gasteiger partial charge < -0.3 is 50.8 Å². The lowest BCUT2D eigenvalue weighted by Crippen LogP contribution is -2.52. The number of aromatic nitrogens is 8. The number of ether oxygens (including phenoxy) is 2. The number of nitrogens with zero attached hydrogens (tertiary/aromatic N) is 14. The van der Waals surface area contributed by atoms with E-state index in [9.17, 15) is 43.2 Å². The number of methoxy groups -OCH3 is 2. The van der Waals surface area contributed by atoms with E-state index in [4.69, 9.17) is 50.0 Å². The lowest BCUT2D eigenvalue weighted by Gasteiger charge is -2.43. The highest BCUT2D eigenvalue weighted by Gasteiger charge is 2.40. The number of hydrogen-bond donors (Lipinski definition) is 4. The van der Waals surface area contributed by atoms with Crippen molar-refractivity contribution in [2.45, 2.75) is 61.6 Å². The van der Waals surface area contributed by atoms with Gasteiger partial charge in [0.05, 0.1) is 94.1 Å². The molecule has 4 aromatic carbocycles. The van der Waals surface area contributed by atoms with Gasteiger partial charge in [0.25, 0.3) is 0 Å². The highest BCUT2D eigenvalue weighted by atomic mass is 35.5. The number of fused-ring (bicyclic) bond motifs is 2. The summed E-state index contributed by atoms with van der Waals surface area (Å²) in [6.07, 6.45) is 5.11. The lowest BCUT2D eigenvalue weighted by atomic mass is 10.00. The Bertz CT molecular complexity index is 4410. The van der Waals surface area contributed by atoms with E-state index in [0.717, 1.165) is 103 Å². The molecule has 4 fully saturated rings. The van der Waals surface area contributed by atoms with Gasteiger partial charge in [-0.25, -0.2) is 26.8 Å². The quantitative estimate of drug-likeness (QED) is 0.0398. The molecule has 4 aliphatic rings. The summed E-state index contributed by atoms with van der Waals surface area (Å²) < 4.78 is 143. The fourth-order valence-corrected chi connectivity index (χ4v) is 14.5. The molecule has 532 valence electrons. The van der Waals surface area contributed by atoms with E-state index in [0.29, 0.717) is 82.8 Å². The van der Waals surface area contributed by atoms with Gasteiger partial charge in [-0.3, -0.25) is 29.7 Å². The van der Waals surface area contributed by atoms with Crippen molar-refractivity contribution >= 4 is 128 Å². The molecule has 4 saturated heterocycles. The smallest absolute Gasteiger partial charge is 0.418 e. The Morgan fingerprint density at radius 2 is 0.939 bits per heavy atom. The summed E-state index contributed by atoms with van der Waals surface area (Å²) in [4.78, 5) is 46.5. The monoisotopic (exact) mass is 1470 g/mol. The molecule has 24 nitrogen and oxygen atoms in total. The van der Waals surface area contributed by atoms with Gasteiger partial charge in [-0.2, -0.15) is 36.3 Å². The predicted molar refractivity (Wildman–Crippen MR) is 374 cm³/mol. The number of sulfone groups is 2. The molecule has 0 bridgehead atoms. The summed E-state index contributed by atoms with van der Waals surface area (Å²) in [6.45, 7) is 10.3. The first-order chi connectivity index (χ1) is 46.9. The van der Waals surface area contributed by atoms with Crippen LogP contribution in [0.4, 0.5) is 78.1 Å². The van der Waals surface area contributed by atoms with Crippen molar-refractivity contribution in [3.63, 3.8) is 0 Å². The van der Waals surface area contributed by atoms with Gasteiger partial charge in [0.2, 0.25) is 11.2 Å². The first-order valence-corrected chi connectivity index (χ1v) is 36.7. The average molecular weight is 1480 g/mol. The number of piperazine rings is 2. The molecular formula is C64H75Cl3F6N18O6S2. The molecule has 12 rings (SSSR count). The molecule has 0 atom stereocenters. The number of alkyl halides is 6. The van der Waals surface area contributed by atoms with Crippen molar-refractivity contribution in [2.24, 2.45) is 0 Å². The zero-order valence-electron chi connectivity index (χ0n) is 55.0. The third-order valence-corrected chi connectivity index (χ3v) is 19.9. The van der Waals surface area contributed by atoms with Crippen molar-refractivity contribution in [3.05, 3.63) is 123 Å². The van der Waals surface area contributed by atoms with Crippen LogP contribution < -0.4 is 41.0 Å². The van der Waals surface area contributed by atoms with E-state index in [1.165, 1.54) is 57.3 Å². The van der Waals surface area contributed by atoms with Gasteiger partial charge in [0.15, 0.2) is 31.3 Å². The van der Waals surface area contributed by atoms with E-state index in [1.54, 1.807) is 35.4 Å². The largest absolute Gasteiger partial charge is 0.495 e. The molecule has 5 N–H and O–H groups in total. The molecule has 0 radical (unpaired) electrons. The predicted octanol–water partition coefficient (Wildman–Crippen LogP) is 10.9. The zero-order chi connectivity index (χ0) is 71.1. The minimum Gasteiger partial charge on any atom is -0.495 e. The van der Waals surface area contributed by atoms with Crippen molar-refractivity contribution < 1.29 is 52.7 Å². The van der Waals surface area contributed by atoms with E-state index in [2.05, 4.69) is 89.5 Å². The Labute approximate surface area is 584 Å². The highest BCUT2D eigenvalue weighted by Crippen LogP contribution is 2.46. The second-order valence-electron chi connectivity index (χ2n) is 24.6. The van der Waals surface area contributed by atoms with Crippen LogP contribution in [0, 0.1) is 0 Å². The summed E-state index contributed by atoms with van der Waals surface area (Å²) in [5, 5.41) is 9.27. The van der Waals surface area contributed by atoms with E-state index < -0.39 is 43.2 Å². The van der Waals surface area contributed by atoms with Crippen LogP contribution in [0.15, 0.2) is 85.7 Å². The summed E-state index contributed by atoms with van der Waals surface area (Å²) in [6, 6.07) is 12.4. The van der Waals surface area contributed by atoms with Gasteiger partial charge >= 0.3 is 12.4 Å². The minimum absolute atomic E-state index is 0.0101. The maximum atomic E-state index is 14.6. The number of nitrogens with two attached hydrogens (primary N) is 1. The van der Waals surface area contributed by atoms with Crippen LogP contribution in [-0.4, -0.2) is 208 Å². The summed E-state index contributed by atoms with van der Waals surface area (Å²) >= 11 is 18.3. The van der Waals surface area contributed by atoms with Crippen LogP contribution in [0.1, 0.15) is 47.9 Å².